The largest absolute Gasteiger partial charge is 0.273 e. The average Bonchev–Trinajstić information content (AvgIpc) is 2.68. The highest BCUT2D eigenvalue weighted by molar-refractivity contribution is 5.82. The van der Waals surface area contributed by atoms with Crippen molar-refractivity contribution in [1.82, 2.24) is 5.43 Å². The van der Waals surface area contributed by atoms with E-state index in [0.717, 1.165) is 17.9 Å². The standard InChI is InChI=1S/C22H26N2O/c25-22(16-13-18-7-3-1-4-8-18)24-23-17-19-11-14-21(15-12-19)20-9-5-2-6-10-20/h1,3-4,7-8,11-12,14-15,17,20H,2,5-6,9-10,13,16H2,(H,24,25)/b23-17+. The number of nitrogens with zero attached hydrogens (tertiary/aromatic N) is 1. The third kappa shape index (κ3) is 5.56. The molecule has 0 saturated heterocycles. The van der Waals surface area contributed by atoms with Crippen LogP contribution in [0.15, 0.2) is 59.7 Å². The predicted octanol–water partition coefficient (Wildman–Crippen LogP) is 4.82. The zero-order valence-electron chi connectivity index (χ0n) is 14.7. The van der Waals surface area contributed by atoms with Crippen LogP contribution in [0.1, 0.15) is 61.1 Å². The van der Waals surface area contributed by atoms with Gasteiger partial charge in [-0.3, -0.25) is 4.79 Å². The van der Waals surface area contributed by atoms with Crippen LogP contribution in [-0.4, -0.2) is 12.1 Å². The Labute approximate surface area is 150 Å². The van der Waals surface area contributed by atoms with Gasteiger partial charge in [0.15, 0.2) is 0 Å². The van der Waals surface area contributed by atoms with Gasteiger partial charge in [-0.1, -0.05) is 73.9 Å². The van der Waals surface area contributed by atoms with Crippen LogP contribution in [0.5, 0.6) is 0 Å². The molecule has 0 aromatic heterocycles. The molecule has 0 aliphatic heterocycles. The van der Waals surface area contributed by atoms with E-state index >= 15 is 0 Å². The molecule has 3 rings (SSSR count). The summed E-state index contributed by atoms with van der Waals surface area (Å²) in [7, 11) is 0. The van der Waals surface area contributed by atoms with Crippen LogP contribution < -0.4 is 5.43 Å². The maximum Gasteiger partial charge on any atom is 0.240 e. The second-order valence-electron chi connectivity index (χ2n) is 6.78. The van der Waals surface area contributed by atoms with Gasteiger partial charge < -0.3 is 0 Å². The first-order valence-electron chi connectivity index (χ1n) is 9.27. The Hall–Kier alpha value is -2.42. The maximum atomic E-state index is 11.8. The first-order valence-corrected chi connectivity index (χ1v) is 9.27. The first-order chi connectivity index (χ1) is 12.3. The van der Waals surface area contributed by atoms with Crippen molar-refractivity contribution in [3.63, 3.8) is 0 Å². The van der Waals surface area contributed by atoms with Crippen LogP contribution >= 0.6 is 0 Å². The molecule has 1 aliphatic carbocycles. The summed E-state index contributed by atoms with van der Waals surface area (Å²) in [6.07, 6.45) is 9.60. The highest BCUT2D eigenvalue weighted by Crippen LogP contribution is 2.32. The Morgan fingerprint density at radius 2 is 1.72 bits per heavy atom. The lowest BCUT2D eigenvalue weighted by Gasteiger charge is -2.21. The second-order valence-corrected chi connectivity index (χ2v) is 6.78. The monoisotopic (exact) mass is 334 g/mol. The number of benzene rings is 2. The van der Waals surface area contributed by atoms with Gasteiger partial charge in [0.1, 0.15) is 0 Å². The minimum absolute atomic E-state index is 0.0565. The van der Waals surface area contributed by atoms with E-state index in [2.05, 4.69) is 34.8 Å². The van der Waals surface area contributed by atoms with E-state index < -0.39 is 0 Å². The number of nitrogens with one attached hydrogen (secondary N) is 1. The van der Waals surface area contributed by atoms with E-state index in [9.17, 15) is 4.79 Å². The molecule has 1 aliphatic rings. The fourth-order valence-corrected chi connectivity index (χ4v) is 3.43. The Morgan fingerprint density at radius 3 is 2.44 bits per heavy atom. The number of aryl methyl sites for hydroxylation is 1. The lowest BCUT2D eigenvalue weighted by Crippen LogP contribution is -2.17. The number of carbonyl (C=O) groups excluding carboxylic acids is 1. The summed E-state index contributed by atoms with van der Waals surface area (Å²) < 4.78 is 0. The quantitative estimate of drug-likeness (QED) is 0.597. The molecule has 25 heavy (non-hydrogen) atoms. The van der Waals surface area contributed by atoms with Gasteiger partial charge in [-0.05, 0) is 41.9 Å². The Bertz CT molecular complexity index is 686. The van der Waals surface area contributed by atoms with Crippen molar-refractivity contribution in [3.8, 4) is 0 Å². The van der Waals surface area contributed by atoms with E-state index in [1.165, 1.54) is 43.2 Å². The van der Waals surface area contributed by atoms with Crippen molar-refractivity contribution in [2.45, 2.75) is 50.9 Å². The van der Waals surface area contributed by atoms with Gasteiger partial charge in [0.05, 0.1) is 6.21 Å². The van der Waals surface area contributed by atoms with Gasteiger partial charge in [-0.15, -0.1) is 0 Å². The summed E-state index contributed by atoms with van der Waals surface area (Å²) in [6, 6.07) is 18.6. The Balaban J connectivity index is 1.44. The van der Waals surface area contributed by atoms with Crippen molar-refractivity contribution in [2.24, 2.45) is 5.10 Å². The molecular weight excluding hydrogens is 308 g/mol. The molecule has 0 spiro atoms. The zero-order chi connectivity index (χ0) is 17.3. The summed E-state index contributed by atoms with van der Waals surface area (Å²) in [6.45, 7) is 0. The highest BCUT2D eigenvalue weighted by atomic mass is 16.2. The van der Waals surface area contributed by atoms with Gasteiger partial charge in [-0.2, -0.15) is 5.10 Å². The lowest BCUT2D eigenvalue weighted by molar-refractivity contribution is -0.121. The van der Waals surface area contributed by atoms with Crippen molar-refractivity contribution in [3.05, 3.63) is 71.3 Å². The third-order valence-corrected chi connectivity index (χ3v) is 4.90. The molecule has 3 heteroatoms. The Morgan fingerprint density at radius 1 is 1.00 bits per heavy atom. The molecule has 0 atom stereocenters. The maximum absolute atomic E-state index is 11.8. The van der Waals surface area contributed by atoms with Crippen molar-refractivity contribution in [1.29, 1.82) is 0 Å². The molecule has 2 aromatic rings. The summed E-state index contributed by atoms with van der Waals surface area (Å²) >= 11 is 0. The second kappa shape index (κ2) is 9.16. The van der Waals surface area contributed by atoms with E-state index in [1.54, 1.807) is 6.21 Å². The number of rotatable bonds is 6. The van der Waals surface area contributed by atoms with Crippen molar-refractivity contribution < 1.29 is 4.79 Å². The fraction of sp³-hybridized carbons (Fsp3) is 0.364. The minimum Gasteiger partial charge on any atom is -0.273 e. The van der Waals surface area contributed by atoms with Gasteiger partial charge in [-0.25, -0.2) is 5.43 Å². The minimum atomic E-state index is -0.0565. The Kier molecular flexibility index (Phi) is 6.38. The SMILES string of the molecule is O=C(CCc1ccccc1)N/N=C/c1ccc(C2CCCCC2)cc1. The highest BCUT2D eigenvalue weighted by Gasteiger charge is 2.14. The van der Waals surface area contributed by atoms with E-state index in [1.807, 2.05) is 30.3 Å². The molecule has 3 nitrogen and oxygen atoms in total. The molecule has 1 saturated carbocycles. The molecular formula is C22H26N2O. The molecule has 1 fully saturated rings. The van der Waals surface area contributed by atoms with Gasteiger partial charge in [0.2, 0.25) is 5.91 Å². The van der Waals surface area contributed by atoms with Crippen LogP contribution in [0.25, 0.3) is 0 Å². The first kappa shape index (κ1) is 17.4. The van der Waals surface area contributed by atoms with Crippen molar-refractivity contribution in [2.75, 3.05) is 0 Å². The molecule has 1 amide bonds. The van der Waals surface area contributed by atoms with Crippen LogP contribution in [0, 0.1) is 0 Å². The number of hydrogen-bond donors (Lipinski definition) is 1. The van der Waals surface area contributed by atoms with Gasteiger partial charge >= 0.3 is 0 Å². The summed E-state index contributed by atoms with van der Waals surface area (Å²) in [5.74, 6) is 0.663. The number of carbonyl (C=O) groups is 1. The van der Waals surface area contributed by atoms with Crippen LogP contribution in [0.2, 0.25) is 0 Å². The van der Waals surface area contributed by atoms with Crippen LogP contribution in [0.3, 0.4) is 0 Å². The average molecular weight is 334 g/mol. The predicted molar refractivity (Wildman–Crippen MR) is 103 cm³/mol. The third-order valence-electron chi connectivity index (χ3n) is 4.90. The lowest BCUT2D eigenvalue weighted by atomic mass is 9.84. The van der Waals surface area contributed by atoms with Gasteiger partial charge in [0.25, 0.3) is 0 Å². The summed E-state index contributed by atoms with van der Waals surface area (Å²) in [5.41, 5.74) is 6.23. The molecule has 1 N–H and O–H groups in total. The molecule has 0 unspecified atom stereocenters. The number of hydrazone groups is 1. The molecule has 130 valence electrons. The van der Waals surface area contributed by atoms with Crippen LogP contribution in [-0.2, 0) is 11.2 Å². The van der Waals surface area contributed by atoms with E-state index in [-0.39, 0.29) is 5.91 Å². The number of hydrogen-bond acceptors (Lipinski definition) is 2. The summed E-state index contributed by atoms with van der Waals surface area (Å²) in [5, 5.41) is 4.07. The topological polar surface area (TPSA) is 41.5 Å². The van der Waals surface area contributed by atoms with Crippen molar-refractivity contribution >= 4 is 12.1 Å². The fourth-order valence-electron chi connectivity index (χ4n) is 3.43. The van der Waals surface area contributed by atoms with Crippen LogP contribution in [0.4, 0.5) is 0 Å². The molecule has 0 bridgehead atoms. The smallest absolute Gasteiger partial charge is 0.240 e. The normalized spacial score (nSPS) is 15.4. The summed E-state index contributed by atoms with van der Waals surface area (Å²) in [4.78, 5) is 11.8. The molecule has 0 heterocycles. The zero-order valence-corrected chi connectivity index (χ0v) is 14.7. The molecule has 2 aromatic carbocycles. The van der Waals surface area contributed by atoms with E-state index in [0.29, 0.717) is 6.42 Å². The number of amides is 1. The molecule has 0 radical (unpaired) electrons. The van der Waals surface area contributed by atoms with Gasteiger partial charge in [0, 0.05) is 6.42 Å². The van der Waals surface area contributed by atoms with E-state index in [4.69, 9.17) is 0 Å².